The molecule has 1 fully saturated rings. The minimum absolute atomic E-state index is 0.108. The number of carbonyl (C=O) groups is 1. The summed E-state index contributed by atoms with van der Waals surface area (Å²) in [5, 5.41) is 0. The molecule has 0 N–H and O–H groups in total. The Bertz CT molecular complexity index is 786. The molecule has 3 rings (SSSR count). The Morgan fingerprint density at radius 2 is 1.89 bits per heavy atom. The van der Waals surface area contributed by atoms with E-state index < -0.39 is 11.7 Å². The van der Waals surface area contributed by atoms with Crippen molar-refractivity contribution in [3.05, 3.63) is 59.3 Å². The summed E-state index contributed by atoms with van der Waals surface area (Å²) in [6.07, 6.45) is -2.86. The lowest BCUT2D eigenvalue weighted by Gasteiger charge is -2.34. The molecule has 1 aliphatic heterocycles. The minimum atomic E-state index is -4.34. The predicted molar refractivity (Wildman–Crippen MR) is 93.4 cm³/mol. The van der Waals surface area contributed by atoms with Gasteiger partial charge >= 0.3 is 6.18 Å². The molecule has 27 heavy (non-hydrogen) atoms. The van der Waals surface area contributed by atoms with Crippen molar-refractivity contribution in [2.45, 2.75) is 12.7 Å². The summed E-state index contributed by atoms with van der Waals surface area (Å²) in [6, 6.07) is 8.67. The minimum Gasteiger partial charge on any atom is -0.481 e. The lowest BCUT2D eigenvalue weighted by molar-refractivity contribution is -0.137. The largest absolute Gasteiger partial charge is 0.481 e. The molecule has 0 aliphatic carbocycles. The van der Waals surface area contributed by atoms with Crippen LogP contribution in [0.25, 0.3) is 0 Å². The van der Waals surface area contributed by atoms with Gasteiger partial charge in [-0.05, 0) is 17.7 Å². The Balaban J connectivity index is 1.56. The first kappa shape index (κ1) is 19.2. The molecule has 0 bridgehead atoms. The Morgan fingerprint density at radius 1 is 1.15 bits per heavy atom. The highest BCUT2D eigenvalue weighted by Gasteiger charge is 2.30. The van der Waals surface area contributed by atoms with Crippen LogP contribution in [0, 0.1) is 0 Å². The summed E-state index contributed by atoms with van der Waals surface area (Å²) < 4.78 is 43.5. The van der Waals surface area contributed by atoms with E-state index in [-0.39, 0.29) is 5.91 Å². The molecule has 0 radical (unpaired) electrons. The van der Waals surface area contributed by atoms with E-state index in [1.165, 1.54) is 25.4 Å². The van der Waals surface area contributed by atoms with Crippen LogP contribution in [0.1, 0.15) is 21.5 Å². The molecular formula is C19H20F3N3O2. The number of methoxy groups -OCH3 is 1. The van der Waals surface area contributed by atoms with E-state index in [0.29, 0.717) is 49.7 Å². The number of piperazine rings is 1. The first-order valence-corrected chi connectivity index (χ1v) is 8.54. The van der Waals surface area contributed by atoms with Crippen molar-refractivity contribution >= 4 is 5.91 Å². The Hall–Kier alpha value is -2.61. The number of nitrogens with zero attached hydrogens (tertiary/aromatic N) is 3. The molecule has 1 aliphatic rings. The van der Waals surface area contributed by atoms with Gasteiger partial charge in [-0.25, -0.2) is 4.98 Å². The van der Waals surface area contributed by atoms with Crippen molar-refractivity contribution in [2.24, 2.45) is 0 Å². The normalized spacial score (nSPS) is 15.6. The van der Waals surface area contributed by atoms with Crippen LogP contribution in [0.5, 0.6) is 5.88 Å². The number of aromatic nitrogens is 1. The molecule has 2 heterocycles. The Kier molecular flexibility index (Phi) is 5.65. The summed E-state index contributed by atoms with van der Waals surface area (Å²) in [5.74, 6) is 0.335. The molecule has 1 amide bonds. The maximum Gasteiger partial charge on any atom is 0.416 e. The summed E-state index contributed by atoms with van der Waals surface area (Å²) in [5.41, 5.74) is 0.465. The standard InChI is InChI=1S/C19H20F3N3O2/c1-27-17-6-5-15(12-23-17)18(26)25-9-7-24(8-10-25)13-14-3-2-4-16(11-14)19(20,21)22/h2-6,11-12H,7-10,13H2,1H3. The summed E-state index contributed by atoms with van der Waals surface area (Å²) >= 11 is 0. The molecule has 1 saturated heterocycles. The highest BCUT2D eigenvalue weighted by Crippen LogP contribution is 2.29. The monoisotopic (exact) mass is 379 g/mol. The van der Waals surface area contributed by atoms with Crippen LogP contribution in [0.3, 0.4) is 0 Å². The van der Waals surface area contributed by atoms with Gasteiger partial charge < -0.3 is 9.64 Å². The fraction of sp³-hybridized carbons (Fsp3) is 0.368. The van der Waals surface area contributed by atoms with Crippen LogP contribution >= 0.6 is 0 Å². The fourth-order valence-electron chi connectivity index (χ4n) is 3.02. The second kappa shape index (κ2) is 7.96. The number of alkyl halides is 3. The maximum atomic E-state index is 12.8. The number of halogens is 3. The molecule has 0 atom stereocenters. The zero-order valence-electron chi connectivity index (χ0n) is 14.9. The second-order valence-electron chi connectivity index (χ2n) is 6.36. The molecule has 144 valence electrons. The molecule has 0 unspecified atom stereocenters. The van der Waals surface area contributed by atoms with Gasteiger partial charge in [0.05, 0.1) is 18.2 Å². The van der Waals surface area contributed by atoms with Gasteiger partial charge in [-0.15, -0.1) is 0 Å². The number of carbonyl (C=O) groups excluding carboxylic acids is 1. The van der Waals surface area contributed by atoms with Crippen molar-refractivity contribution in [3.8, 4) is 5.88 Å². The third-order valence-electron chi connectivity index (χ3n) is 4.51. The molecule has 0 spiro atoms. The topological polar surface area (TPSA) is 45.7 Å². The van der Waals surface area contributed by atoms with Gasteiger partial charge in [-0.1, -0.05) is 18.2 Å². The number of hydrogen-bond acceptors (Lipinski definition) is 4. The van der Waals surface area contributed by atoms with Crippen LogP contribution < -0.4 is 4.74 Å². The lowest BCUT2D eigenvalue weighted by Crippen LogP contribution is -2.48. The van der Waals surface area contributed by atoms with Crippen molar-refractivity contribution < 1.29 is 22.7 Å². The van der Waals surface area contributed by atoms with Gasteiger partial charge in [0.2, 0.25) is 5.88 Å². The van der Waals surface area contributed by atoms with E-state index in [1.54, 1.807) is 23.1 Å². The van der Waals surface area contributed by atoms with Crippen molar-refractivity contribution in [3.63, 3.8) is 0 Å². The molecule has 1 aromatic carbocycles. The molecule has 2 aromatic rings. The highest BCUT2D eigenvalue weighted by molar-refractivity contribution is 5.94. The quantitative estimate of drug-likeness (QED) is 0.819. The Labute approximate surface area is 155 Å². The van der Waals surface area contributed by atoms with Crippen LogP contribution in [0.15, 0.2) is 42.6 Å². The number of hydrogen-bond donors (Lipinski definition) is 0. The van der Waals surface area contributed by atoms with Crippen LogP contribution in [-0.2, 0) is 12.7 Å². The van der Waals surface area contributed by atoms with E-state index in [0.717, 1.165) is 6.07 Å². The maximum absolute atomic E-state index is 12.8. The van der Waals surface area contributed by atoms with Gasteiger partial charge in [0.1, 0.15) is 0 Å². The van der Waals surface area contributed by atoms with E-state index in [9.17, 15) is 18.0 Å². The second-order valence-corrected chi connectivity index (χ2v) is 6.36. The van der Waals surface area contributed by atoms with Crippen LogP contribution in [0.4, 0.5) is 13.2 Å². The van der Waals surface area contributed by atoms with Gasteiger partial charge in [-0.2, -0.15) is 13.2 Å². The van der Waals surface area contributed by atoms with Crippen LogP contribution in [0.2, 0.25) is 0 Å². The summed E-state index contributed by atoms with van der Waals surface area (Å²) in [4.78, 5) is 20.3. The SMILES string of the molecule is COc1ccc(C(=O)N2CCN(Cc3cccc(C(F)(F)F)c3)CC2)cn1. The van der Waals surface area contributed by atoms with Crippen molar-refractivity contribution in [2.75, 3.05) is 33.3 Å². The summed E-state index contributed by atoms with van der Waals surface area (Å²) in [6.45, 7) is 2.67. The van der Waals surface area contributed by atoms with E-state index in [1.807, 2.05) is 4.90 Å². The van der Waals surface area contributed by atoms with Gasteiger partial charge in [0.15, 0.2) is 0 Å². The van der Waals surface area contributed by atoms with E-state index in [4.69, 9.17) is 4.74 Å². The predicted octanol–water partition coefficient (Wildman–Crippen LogP) is 3.07. The zero-order valence-corrected chi connectivity index (χ0v) is 14.9. The number of rotatable bonds is 4. The van der Waals surface area contributed by atoms with Gasteiger partial charge in [0, 0.05) is 45.0 Å². The Morgan fingerprint density at radius 3 is 2.48 bits per heavy atom. The molecule has 5 nitrogen and oxygen atoms in total. The van der Waals surface area contributed by atoms with Gasteiger partial charge in [-0.3, -0.25) is 9.69 Å². The third-order valence-corrected chi connectivity index (χ3v) is 4.51. The molecule has 1 aromatic heterocycles. The van der Waals surface area contributed by atoms with E-state index >= 15 is 0 Å². The number of benzene rings is 1. The van der Waals surface area contributed by atoms with Crippen molar-refractivity contribution in [1.82, 2.24) is 14.8 Å². The first-order chi connectivity index (χ1) is 12.9. The number of ether oxygens (including phenoxy) is 1. The average Bonchev–Trinajstić information content (AvgIpc) is 2.68. The van der Waals surface area contributed by atoms with Crippen molar-refractivity contribution in [1.29, 1.82) is 0 Å². The molecular weight excluding hydrogens is 359 g/mol. The molecule has 0 saturated carbocycles. The first-order valence-electron chi connectivity index (χ1n) is 8.54. The summed E-state index contributed by atoms with van der Waals surface area (Å²) in [7, 11) is 1.51. The highest BCUT2D eigenvalue weighted by atomic mass is 19.4. The van der Waals surface area contributed by atoms with Gasteiger partial charge in [0.25, 0.3) is 5.91 Å². The lowest BCUT2D eigenvalue weighted by atomic mass is 10.1. The molecule has 8 heteroatoms. The third kappa shape index (κ3) is 4.77. The number of pyridine rings is 1. The average molecular weight is 379 g/mol. The number of amides is 1. The smallest absolute Gasteiger partial charge is 0.416 e. The van der Waals surface area contributed by atoms with E-state index in [2.05, 4.69) is 4.98 Å². The zero-order chi connectivity index (χ0) is 19.4. The van der Waals surface area contributed by atoms with Crippen LogP contribution in [-0.4, -0.2) is 54.0 Å². The fourth-order valence-corrected chi connectivity index (χ4v) is 3.02.